The fraction of sp³-hybridized carbons (Fsp3) is 0.700. The molecule has 1 rings (SSSR count). The van der Waals surface area contributed by atoms with Crippen molar-refractivity contribution in [2.45, 2.75) is 19.1 Å². The summed E-state index contributed by atoms with van der Waals surface area (Å²) < 4.78 is 9.45. The van der Waals surface area contributed by atoms with E-state index in [2.05, 4.69) is 10.1 Å². The zero-order valence-corrected chi connectivity index (χ0v) is 10.2. The number of aliphatic carboxylic acids is 1. The number of urea groups is 1. The van der Waals surface area contributed by atoms with E-state index in [0.29, 0.717) is 0 Å². The maximum atomic E-state index is 11.8. The Morgan fingerprint density at radius 3 is 2.72 bits per heavy atom. The number of methoxy groups -OCH3 is 1. The molecule has 1 aliphatic heterocycles. The van der Waals surface area contributed by atoms with Crippen molar-refractivity contribution in [3.05, 3.63) is 0 Å². The van der Waals surface area contributed by atoms with Crippen molar-refractivity contribution in [2.24, 2.45) is 0 Å². The van der Waals surface area contributed by atoms with Crippen LogP contribution in [0.5, 0.6) is 0 Å². The highest BCUT2D eigenvalue weighted by molar-refractivity contribution is 5.83. The van der Waals surface area contributed by atoms with Crippen molar-refractivity contribution in [3.8, 4) is 0 Å². The van der Waals surface area contributed by atoms with E-state index in [1.807, 2.05) is 0 Å². The van der Waals surface area contributed by atoms with Crippen LogP contribution in [0.2, 0.25) is 0 Å². The summed E-state index contributed by atoms with van der Waals surface area (Å²) in [6.07, 6.45) is -1.03. The van der Waals surface area contributed by atoms with Crippen molar-refractivity contribution in [1.82, 2.24) is 10.2 Å². The number of hydrogen-bond donors (Lipinski definition) is 2. The normalized spacial score (nSPS) is 21.0. The van der Waals surface area contributed by atoms with E-state index >= 15 is 0 Å². The first-order valence-corrected chi connectivity index (χ1v) is 5.43. The van der Waals surface area contributed by atoms with E-state index in [1.165, 1.54) is 18.9 Å². The van der Waals surface area contributed by atoms with E-state index in [0.717, 1.165) is 0 Å². The number of morpholine rings is 1. The minimum Gasteiger partial charge on any atom is -0.479 e. The molecule has 0 radical (unpaired) electrons. The molecule has 0 bridgehead atoms. The number of hydrogen-bond acceptors (Lipinski definition) is 5. The van der Waals surface area contributed by atoms with Crippen LogP contribution >= 0.6 is 0 Å². The molecule has 0 aromatic rings. The second kappa shape index (κ2) is 6.20. The van der Waals surface area contributed by atoms with E-state index in [9.17, 15) is 14.4 Å². The van der Waals surface area contributed by atoms with Gasteiger partial charge in [0, 0.05) is 6.54 Å². The van der Waals surface area contributed by atoms with Gasteiger partial charge in [0.25, 0.3) is 0 Å². The lowest BCUT2D eigenvalue weighted by Crippen LogP contribution is -2.54. The van der Waals surface area contributed by atoms with Crippen LogP contribution in [0.3, 0.4) is 0 Å². The Kier molecular flexibility index (Phi) is 4.90. The van der Waals surface area contributed by atoms with Gasteiger partial charge in [-0.25, -0.2) is 14.4 Å². The van der Waals surface area contributed by atoms with Crippen LogP contribution in [0.1, 0.15) is 6.92 Å². The monoisotopic (exact) mass is 260 g/mol. The first kappa shape index (κ1) is 14.2. The Hall–Kier alpha value is -1.83. The Bertz CT molecular complexity index is 345. The summed E-state index contributed by atoms with van der Waals surface area (Å²) in [5.41, 5.74) is 0. The topological polar surface area (TPSA) is 105 Å². The summed E-state index contributed by atoms with van der Waals surface area (Å²) in [6, 6.07) is -1.30. The fourth-order valence-electron chi connectivity index (χ4n) is 1.50. The van der Waals surface area contributed by atoms with Gasteiger partial charge >= 0.3 is 18.0 Å². The average Bonchev–Trinajstić information content (AvgIpc) is 2.37. The molecule has 8 heteroatoms. The van der Waals surface area contributed by atoms with Gasteiger partial charge in [0.2, 0.25) is 0 Å². The Balaban J connectivity index is 2.51. The van der Waals surface area contributed by atoms with Gasteiger partial charge in [0.15, 0.2) is 6.10 Å². The van der Waals surface area contributed by atoms with E-state index in [4.69, 9.17) is 9.84 Å². The minimum absolute atomic E-state index is 0.0466. The third kappa shape index (κ3) is 3.59. The highest BCUT2D eigenvalue weighted by Crippen LogP contribution is 2.06. The molecule has 8 nitrogen and oxygen atoms in total. The van der Waals surface area contributed by atoms with E-state index in [1.54, 1.807) is 0 Å². The molecule has 0 aromatic heterocycles. The van der Waals surface area contributed by atoms with Crippen molar-refractivity contribution >= 4 is 18.0 Å². The quantitative estimate of drug-likeness (QED) is 0.633. The fourth-order valence-corrected chi connectivity index (χ4v) is 1.50. The molecule has 1 fully saturated rings. The lowest BCUT2D eigenvalue weighted by Gasteiger charge is -2.31. The molecule has 1 aliphatic rings. The van der Waals surface area contributed by atoms with Crippen LogP contribution in [0.25, 0.3) is 0 Å². The number of amides is 2. The third-order valence-corrected chi connectivity index (χ3v) is 2.52. The van der Waals surface area contributed by atoms with Crippen LogP contribution in [-0.4, -0.2) is 66.9 Å². The highest BCUT2D eigenvalue weighted by Gasteiger charge is 2.30. The van der Waals surface area contributed by atoms with E-state index < -0.39 is 30.1 Å². The lowest BCUT2D eigenvalue weighted by molar-refractivity contribution is -0.154. The second-order valence-electron chi connectivity index (χ2n) is 3.84. The number of carboxylic acids is 1. The molecule has 0 aromatic carbocycles. The first-order valence-electron chi connectivity index (χ1n) is 5.43. The number of carbonyl (C=O) groups is 3. The number of nitrogens with one attached hydrogen (secondary N) is 1. The average molecular weight is 260 g/mol. The van der Waals surface area contributed by atoms with Crippen molar-refractivity contribution in [1.29, 1.82) is 0 Å². The number of carbonyl (C=O) groups excluding carboxylic acids is 2. The van der Waals surface area contributed by atoms with Crippen molar-refractivity contribution in [3.63, 3.8) is 0 Å². The molecule has 102 valence electrons. The van der Waals surface area contributed by atoms with Gasteiger partial charge in [-0.15, -0.1) is 0 Å². The highest BCUT2D eigenvalue weighted by atomic mass is 16.5. The lowest BCUT2D eigenvalue weighted by atomic mass is 10.3. The summed E-state index contributed by atoms with van der Waals surface area (Å²) in [5.74, 6) is -1.68. The Morgan fingerprint density at radius 1 is 1.50 bits per heavy atom. The Morgan fingerprint density at radius 2 is 2.17 bits per heavy atom. The zero-order chi connectivity index (χ0) is 13.7. The van der Waals surface area contributed by atoms with Gasteiger partial charge in [-0.05, 0) is 6.92 Å². The second-order valence-corrected chi connectivity index (χ2v) is 3.84. The first-order chi connectivity index (χ1) is 8.45. The van der Waals surface area contributed by atoms with Gasteiger partial charge in [0.05, 0.1) is 20.3 Å². The molecular formula is C10H16N2O6. The number of esters is 1. The number of carboxylic acid groups (broad SMARTS) is 1. The molecular weight excluding hydrogens is 244 g/mol. The molecule has 2 unspecified atom stereocenters. The molecule has 0 aliphatic carbocycles. The summed E-state index contributed by atoms with van der Waals surface area (Å²) in [5, 5.41) is 11.2. The number of nitrogens with zero attached hydrogens (tertiary/aromatic N) is 1. The summed E-state index contributed by atoms with van der Waals surface area (Å²) in [7, 11) is 1.22. The smallest absolute Gasteiger partial charge is 0.334 e. The minimum atomic E-state index is -1.12. The zero-order valence-electron chi connectivity index (χ0n) is 10.2. The SMILES string of the molecule is COC(=O)C(C)NC(=O)N1CCOC(C(=O)O)C1. The van der Waals surface area contributed by atoms with Gasteiger partial charge in [-0.2, -0.15) is 0 Å². The van der Waals surface area contributed by atoms with Crippen LogP contribution in [0, 0.1) is 0 Å². The predicted molar refractivity (Wildman–Crippen MR) is 59.0 cm³/mol. The number of ether oxygens (including phenoxy) is 2. The molecule has 2 N–H and O–H groups in total. The molecule has 1 heterocycles. The summed E-state index contributed by atoms with van der Waals surface area (Å²) >= 11 is 0. The van der Waals surface area contributed by atoms with Crippen LogP contribution in [0.4, 0.5) is 4.79 Å². The Labute approximate surface area is 104 Å². The molecule has 2 amide bonds. The van der Waals surface area contributed by atoms with Gasteiger partial charge < -0.3 is 24.8 Å². The molecule has 1 saturated heterocycles. The molecule has 0 saturated carbocycles. The van der Waals surface area contributed by atoms with Crippen molar-refractivity contribution < 1.29 is 29.0 Å². The van der Waals surface area contributed by atoms with Crippen LogP contribution in [0.15, 0.2) is 0 Å². The van der Waals surface area contributed by atoms with Gasteiger partial charge in [-0.3, -0.25) is 0 Å². The molecule has 2 atom stereocenters. The predicted octanol–water partition coefficient (Wildman–Crippen LogP) is -0.957. The van der Waals surface area contributed by atoms with Crippen LogP contribution in [-0.2, 0) is 19.1 Å². The maximum absolute atomic E-state index is 11.8. The van der Waals surface area contributed by atoms with Crippen LogP contribution < -0.4 is 5.32 Å². The summed E-state index contributed by atoms with van der Waals surface area (Å²) in [4.78, 5) is 34.9. The third-order valence-electron chi connectivity index (χ3n) is 2.52. The van der Waals surface area contributed by atoms with Gasteiger partial charge in [0.1, 0.15) is 6.04 Å². The van der Waals surface area contributed by atoms with Crippen molar-refractivity contribution in [2.75, 3.05) is 26.8 Å². The number of rotatable bonds is 3. The molecule has 0 spiro atoms. The summed E-state index contributed by atoms with van der Waals surface area (Å²) in [6.45, 7) is 1.87. The maximum Gasteiger partial charge on any atom is 0.334 e. The van der Waals surface area contributed by atoms with Gasteiger partial charge in [-0.1, -0.05) is 0 Å². The molecule has 18 heavy (non-hydrogen) atoms. The van der Waals surface area contributed by atoms with E-state index in [-0.39, 0.29) is 19.7 Å². The largest absolute Gasteiger partial charge is 0.479 e. The standard InChI is InChI=1S/C10H16N2O6/c1-6(9(15)17-2)11-10(16)12-3-4-18-7(5-12)8(13)14/h6-7H,3-5H2,1-2H3,(H,11,16)(H,13,14).